The van der Waals surface area contributed by atoms with Gasteiger partial charge in [-0.25, -0.2) is 0 Å². The summed E-state index contributed by atoms with van der Waals surface area (Å²) < 4.78 is 118. The van der Waals surface area contributed by atoms with E-state index < -0.39 is 152 Å². The molecule has 0 saturated heterocycles. The van der Waals surface area contributed by atoms with E-state index in [4.69, 9.17) is 13.3 Å². The van der Waals surface area contributed by atoms with Gasteiger partial charge in [-0.2, -0.15) is 25.3 Å². The summed E-state index contributed by atoms with van der Waals surface area (Å²) in [5.41, 5.74) is -5.36. The lowest BCUT2D eigenvalue weighted by Crippen LogP contribution is -2.64. The molecular formula is C44H97N4O18S3Si+. The average Bonchev–Trinajstić information content (AvgIpc) is 3.30. The standard InChI is InChI=1S/C44H96N4O18S3Si/c1-4-6-8-10-12-14-16-18-20-26-48(3,27-21-19-17-15-13-11-9-7-5-2)28-22-32-70(64-39-42(33-49,34-50)45-23-29-67(55,56)57,65-40-43(35-51,36-52)46-24-30-68(58,59)60)66-41-44(37-53,38-54)47-25-31-69(61,62)63/h45-47,49-54H,4-41H2,1-3H3,(H2-,55,56,57,58,59,60,61,62,63)/p+1. The fraction of sp³-hybridized carbons (Fsp3) is 1.00. The zero-order chi connectivity index (χ0) is 53.1. The quantitative estimate of drug-likeness (QED) is 0.0178. The molecule has 0 spiro atoms. The maximum Gasteiger partial charge on any atom is 0.501 e. The predicted molar refractivity (Wildman–Crippen MR) is 272 cm³/mol. The maximum atomic E-state index is 11.6. The number of nitrogens with zero attached hydrogens (tertiary/aromatic N) is 1. The predicted octanol–water partition coefficient (Wildman–Crippen LogP) is 1.48. The third kappa shape index (κ3) is 33.4. The summed E-state index contributed by atoms with van der Waals surface area (Å²) in [6.07, 6.45) is 21.2. The van der Waals surface area contributed by atoms with E-state index in [1.807, 2.05) is 0 Å². The lowest BCUT2D eigenvalue weighted by Gasteiger charge is -2.41. The highest BCUT2D eigenvalue weighted by Crippen LogP contribution is 2.26. The van der Waals surface area contributed by atoms with Crippen LogP contribution in [0.1, 0.15) is 136 Å². The van der Waals surface area contributed by atoms with E-state index in [2.05, 4.69) is 36.8 Å². The monoisotopic (exact) mass is 1090 g/mol. The molecule has 0 aliphatic heterocycles. The molecule has 0 fully saturated rings. The third-order valence-corrected chi connectivity index (χ3v) is 17.8. The van der Waals surface area contributed by atoms with Gasteiger partial charge in [0, 0.05) is 32.1 Å². The summed E-state index contributed by atoms with van der Waals surface area (Å²) in [5.74, 6) is -2.39. The topological polar surface area (TPSA) is 348 Å². The Kier molecular flexibility index (Phi) is 36.9. The Balaban J connectivity index is 7.15. The Bertz CT molecular complexity index is 1480. The number of hydrogen-bond donors (Lipinski definition) is 12. The number of unbranched alkanes of at least 4 members (excludes halogenated alkanes) is 16. The number of aliphatic hydroxyl groups is 6. The van der Waals surface area contributed by atoms with E-state index >= 15 is 0 Å². The maximum absolute atomic E-state index is 11.6. The number of hydrogen-bond acceptors (Lipinski definition) is 18. The fourth-order valence-corrected chi connectivity index (χ4v) is 11.8. The van der Waals surface area contributed by atoms with E-state index in [1.54, 1.807) is 0 Å². The zero-order valence-corrected chi connectivity index (χ0v) is 46.2. The smallest absolute Gasteiger partial charge is 0.394 e. The Morgan fingerprint density at radius 3 is 0.900 bits per heavy atom. The first-order valence-corrected chi connectivity index (χ1v) is 32.2. The second-order valence-corrected chi connectivity index (χ2v) is 27.0. The van der Waals surface area contributed by atoms with Crippen LogP contribution in [0.15, 0.2) is 0 Å². The van der Waals surface area contributed by atoms with Crippen LogP contribution in [0.2, 0.25) is 6.04 Å². The van der Waals surface area contributed by atoms with Gasteiger partial charge in [-0.3, -0.25) is 13.7 Å². The molecular weight excluding hydrogens is 997 g/mol. The van der Waals surface area contributed by atoms with Crippen molar-refractivity contribution >= 4 is 39.2 Å². The highest BCUT2D eigenvalue weighted by Gasteiger charge is 2.48. The van der Waals surface area contributed by atoms with Gasteiger partial charge in [0.1, 0.15) is 0 Å². The van der Waals surface area contributed by atoms with Crippen molar-refractivity contribution in [2.75, 3.05) is 123 Å². The Labute approximate surface area is 422 Å². The minimum atomic E-state index is -4.49. The SMILES string of the molecule is CCCCCCCCCCC[N+](C)(CCCCCCCCCCC)CCC[Si](OCC(CO)(CO)NCCS(=O)(=O)O)(OCC(CO)(CO)NCCS(=O)(=O)O)OCC(CO)(CO)NCCS(=O)(=O)O. The summed E-state index contributed by atoms with van der Waals surface area (Å²) in [6, 6.07) is -0.0375. The van der Waals surface area contributed by atoms with Gasteiger partial charge in [0.2, 0.25) is 0 Å². The summed E-state index contributed by atoms with van der Waals surface area (Å²) in [4.78, 5) is 0. The second kappa shape index (κ2) is 37.2. The van der Waals surface area contributed by atoms with Crippen LogP contribution in [-0.4, -0.2) is 222 Å². The van der Waals surface area contributed by atoms with Gasteiger partial charge in [-0.15, -0.1) is 0 Å². The minimum Gasteiger partial charge on any atom is -0.394 e. The second-order valence-electron chi connectivity index (χ2n) is 19.5. The van der Waals surface area contributed by atoms with Gasteiger partial charge in [-0.1, -0.05) is 104 Å². The van der Waals surface area contributed by atoms with E-state index in [0.717, 1.165) is 51.6 Å². The summed E-state index contributed by atoms with van der Waals surface area (Å²) in [6.45, 7) is -1.57. The largest absolute Gasteiger partial charge is 0.501 e. The Hall–Kier alpha value is -0.573. The van der Waals surface area contributed by atoms with E-state index in [9.17, 15) is 69.6 Å². The van der Waals surface area contributed by atoms with Crippen LogP contribution in [0.4, 0.5) is 0 Å². The van der Waals surface area contributed by atoms with Crippen molar-refractivity contribution in [1.29, 1.82) is 0 Å². The van der Waals surface area contributed by atoms with Crippen LogP contribution in [0, 0.1) is 0 Å². The number of rotatable bonds is 51. The zero-order valence-electron chi connectivity index (χ0n) is 42.7. The fourth-order valence-electron chi connectivity index (χ4n) is 7.95. The molecule has 422 valence electrons. The van der Waals surface area contributed by atoms with Gasteiger partial charge in [0.05, 0.1) is 120 Å². The van der Waals surface area contributed by atoms with Crippen LogP contribution in [0.25, 0.3) is 0 Å². The Morgan fingerprint density at radius 1 is 0.414 bits per heavy atom. The molecule has 12 N–H and O–H groups in total. The number of quaternary nitrogens is 1. The molecule has 0 heterocycles. The number of aliphatic hydroxyl groups excluding tert-OH is 6. The van der Waals surface area contributed by atoms with Crippen LogP contribution in [0.5, 0.6) is 0 Å². The minimum absolute atomic E-state index is 0.0375. The molecule has 0 rings (SSSR count). The van der Waals surface area contributed by atoms with Crippen LogP contribution >= 0.6 is 0 Å². The first-order chi connectivity index (χ1) is 32.9. The van der Waals surface area contributed by atoms with Gasteiger partial charge >= 0.3 is 8.80 Å². The van der Waals surface area contributed by atoms with Crippen molar-refractivity contribution in [3.8, 4) is 0 Å². The first kappa shape index (κ1) is 69.4. The highest BCUT2D eigenvalue weighted by molar-refractivity contribution is 7.86. The molecule has 0 aromatic heterocycles. The number of nitrogens with one attached hydrogen (secondary N) is 3. The van der Waals surface area contributed by atoms with Crippen LogP contribution in [0.3, 0.4) is 0 Å². The van der Waals surface area contributed by atoms with Crippen molar-refractivity contribution in [1.82, 2.24) is 16.0 Å². The normalized spacial score (nSPS) is 13.7. The van der Waals surface area contributed by atoms with E-state index in [-0.39, 0.29) is 6.04 Å². The molecule has 0 atom stereocenters. The molecule has 22 nitrogen and oxygen atoms in total. The van der Waals surface area contributed by atoms with Crippen LogP contribution < -0.4 is 16.0 Å². The van der Waals surface area contributed by atoms with Crippen molar-refractivity contribution in [2.45, 2.75) is 159 Å². The molecule has 0 aliphatic rings. The summed E-state index contributed by atoms with van der Waals surface area (Å²) in [7, 11) is -15.7. The lowest BCUT2D eigenvalue weighted by molar-refractivity contribution is -0.910. The van der Waals surface area contributed by atoms with E-state index in [0.29, 0.717) is 17.4 Å². The Morgan fingerprint density at radius 2 is 0.657 bits per heavy atom. The van der Waals surface area contributed by atoms with Gasteiger partial charge in [0.25, 0.3) is 30.4 Å². The van der Waals surface area contributed by atoms with Crippen molar-refractivity contribution in [3.05, 3.63) is 0 Å². The van der Waals surface area contributed by atoms with E-state index in [1.165, 1.54) is 77.0 Å². The average molecular weight is 1090 g/mol. The molecule has 0 aliphatic carbocycles. The van der Waals surface area contributed by atoms with Crippen molar-refractivity contribution < 1.29 is 87.3 Å². The van der Waals surface area contributed by atoms with Gasteiger partial charge in [0.15, 0.2) is 0 Å². The molecule has 26 heteroatoms. The van der Waals surface area contributed by atoms with Gasteiger partial charge in [-0.05, 0) is 25.7 Å². The molecule has 0 aromatic carbocycles. The molecule has 0 amide bonds. The molecule has 0 unspecified atom stereocenters. The molecule has 0 bridgehead atoms. The lowest BCUT2D eigenvalue weighted by atomic mass is 10.0. The van der Waals surface area contributed by atoms with Crippen LogP contribution in [-0.2, 0) is 43.6 Å². The van der Waals surface area contributed by atoms with Crippen molar-refractivity contribution in [2.24, 2.45) is 0 Å². The van der Waals surface area contributed by atoms with Crippen molar-refractivity contribution in [3.63, 3.8) is 0 Å². The third-order valence-electron chi connectivity index (χ3n) is 12.9. The highest BCUT2D eigenvalue weighted by atomic mass is 32.2. The summed E-state index contributed by atoms with van der Waals surface area (Å²) >= 11 is 0. The molecule has 0 radical (unpaired) electrons. The molecule has 70 heavy (non-hydrogen) atoms. The first-order valence-electron chi connectivity index (χ1n) is 25.4. The summed E-state index contributed by atoms with van der Waals surface area (Å²) in [5, 5.41) is 71.6. The van der Waals surface area contributed by atoms with Gasteiger partial charge < -0.3 is 64.4 Å². The molecule has 0 saturated carbocycles. The molecule has 0 aromatic rings.